The summed E-state index contributed by atoms with van der Waals surface area (Å²) in [6.45, 7) is 0. The van der Waals surface area contributed by atoms with Crippen LogP contribution in [0.1, 0.15) is 19.3 Å². The van der Waals surface area contributed by atoms with E-state index in [9.17, 15) is 22.0 Å². The van der Waals surface area contributed by atoms with Crippen molar-refractivity contribution in [2.45, 2.75) is 37.4 Å². The smallest absolute Gasteiger partial charge is 0.320 e. The third kappa shape index (κ3) is 2.79. The highest BCUT2D eigenvalue weighted by atomic mass is 19.4. The Morgan fingerprint density at radius 2 is 1.77 bits per heavy atom. The van der Waals surface area contributed by atoms with Crippen molar-refractivity contribution in [2.24, 2.45) is 11.7 Å². The van der Waals surface area contributed by atoms with Crippen LogP contribution in [0.15, 0.2) is 0 Å². The minimum Gasteiger partial charge on any atom is -0.320 e. The normalized spacial score (nSPS) is 25.4. The van der Waals surface area contributed by atoms with Crippen LogP contribution in [0, 0.1) is 5.92 Å². The molecule has 0 radical (unpaired) electrons. The van der Waals surface area contributed by atoms with E-state index < -0.39 is 36.9 Å². The number of alkyl halides is 5. The summed E-state index contributed by atoms with van der Waals surface area (Å²) in [7, 11) is 0. The summed E-state index contributed by atoms with van der Waals surface area (Å²) in [4.78, 5) is 0. The van der Waals surface area contributed by atoms with E-state index in [-0.39, 0.29) is 6.42 Å². The van der Waals surface area contributed by atoms with Gasteiger partial charge in [0.2, 0.25) is 5.92 Å². The highest BCUT2D eigenvalue weighted by Gasteiger charge is 2.48. The van der Waals surface area contributed by atoms with Gasteiger partial charge in [-0.05, 0) is 12.3 Å². The van der Waals surface area contributed by atoms with E-state index in [4.69, 9.17) is 5.73 Å². The Labute approximate surface area is 72.1 Å². The van der Waals surface area contributed by atoms with Gasteiger partial charge in [0, 0.05) is 12.8 Å². The average molecular weight is 203 g/mol. The summed E-state index contributed by atoms with van der Waals surface area (Å²) >= 11 is 0. The Morgan fingerprint density at radius 3 is 2.08 bits per heavy atom. The molecule has 1 nitrogen and oxygen atoms in total. The van der Waals surface area contributed by atoms with Gasteiger partial charge in [0.05, 0.1) is 0 Å². The fourth-order valence-electron chi connectivity index (χ4n) is 1.44. The molecule has 2 N–H and O–H groups in total. The zero-order valence-electron chi connectivity index (χ0n) is 6.74. The van der Waals surface area contributed by atoms with Gasteiger partial charge in [-0.2, -0.15) is 13.2 Å². The lowest BCUT2D eigenvalue weighted by molar-refractivity contribution is -0.166. The van der Waals surface area contributed by atoms with Gasteiger partial charge < -0.3 is 5.73 Å². The molecular formula is C7H10F5N. The van der Waals surface area contributed by atoms with Gasteiger partial charge >= 0.3 is 6.18 Å². The first kappa shape index (κ1) is 10.7. The van der Waals surface area contributed by atoms with Crippen molar-refractivity contribution in [3.8, 4) is 0 Å². The minimum absolute atomic E-state index is 0.390. The summed E-state index contributed by atoms with van der Waals surface area (Å²) in [5, 5.41) is 0. The van der Waals surface area contributed by atoms with Crippen molar-refractivity contribution < 1.29 is 22.0 Å². The third-order valence-electron chi connectivity index (χ3n) is 2.18. The largest absolute Gasteiger partial charge is 0.403 e. The number of rotatable bonds is 2. The molecule has 0 spiro atoms. The Hall–Kier alpha value is -0.390. The molecule has 0 aliphatic heterocycles. The number of hydrogen-bond donors (Lipinski definition) is 1. The van der Waals surface area contributed by atoms with Crippen LogP contribution in [-0.4, -0.2) is 18.1 Å². The fraction of sp³-hybridized carbons (Fsp3) is 1.00. The Morgan fingerprint density at radius 1 is 1.31 bits per heavy atom. The van der Waals surface area contributed by atoms with E-state index in [1.807, 2.05) is 0 Å². The second-order valence-electron chi connectivity index (χ2n) is 3.51. The molecule has 0 aromatic rings. The molecule has 1 atom stereocenters. The van der Waals surface area contributed by atoms with Crippen molar-refractivity contribution in [1.82, 2.24) is 0 Å². The minimum atomic E-state index is -4.47. The van der Waals surface area contributed by atoms with Crippen LogP contribution in [0.4, 0.5) is 22.0 Å². The number of halogens is 5. The van der Waals surface area contributed by atoms with Gasteiger partial charge in [0.15, 0.2) is 0 Å². The SMILES string of the molecule is NC(CC1CC(F)(F)C1)C(F)(F)F. The molecule has 1 unspecified atom stereocenters. The molecule has 0 amide bonds. The second-order valence-corrected chi connectivity index (χ2v) is 3.51. The van der Waals surface area contributed by atoms with Crippen LogP contribution in [0.25, 0.3) is 0 Å². The molecule has 0 heterocycles. The van der Waals surface area contributed by atoms with Gasteiger partial charge in [-0.1, -0.05) is 0 Å². The standard InChI is InChI=1S/C7H10F5N/c8-6(9)2-4(3-6)1-5(13)7(10,11)12/h4-5H,1-3,13H2. The van der Waals surface area contributed by atoms with Crippen molar-refractivity contribution in [2.75, 3.05) is 0 Å². The summed E-state index contributed by atoms with van der Waals surface area (Å²) in [5.74, 6) is -3.35. The Bertz CT molecular complexity index is 180. The Kier molecular flexibility index (Phi) is 2.53. The molecule has 1 aliphatic carbocycles. The summed E-state index contributed by atoms with van der Waals surface area (Å²) < 4.78 is 60.0. The molecule has 78 valence electrons. The van der Waals surface area contributed by atoms with E-state index in [1.165, 1.54) is 0 Å². The van der Waals surface area contributed by atoms with E-state index in [1.54, 1.807) is 0 Å². The maximum atomic E-state index is 12.2. The van der Waals surface area contributed by atoms with Gasteiger partial charge in [-0.15, -0.1) is 0 Å². The number of hydrogen-bond acceptors (Lipinski definition) is 1. The third-order valence-corrected chi connectivity index (χ3v) is 2.18. The van der Waals surface area contributed by atoms with Gasteiger partial charge in [-0.25, -0.2) is 8.78 Å². The van der Waals surface area contributed by atoms with E-state index in [2.05, 4.69) is 0 Å². The molecule has 0 bridgehead atoms. The summed E-state index contributed by atoms with van der Waals surface area (Å²) in [5.41, 5.74) is 4.78. The maximum Gasteiger partial charge on any atom is 0.403 e. The number of nitrogens with two attached hydrogens (primary N) is 1. The topological polar surface area (TPSA) is 26.0 Å². The van der Waals surface area contributed by atoms with Crippen molar-refractivity contribution in [3.05, 3.63) is 0 Å². The molecule has 0 saturated heterocycles. The highest BCUT2D eigenvalue weighted by Crippen LogP contribution is 2.45. The molecule has 1 rings (SSSR count). The molecule has 13 heavy (non-hydrogen) atoms. The van der Waals surface area contributed by atoms with E-state index in [0.29, 0.717) is 0 Å². The molecule has 1 saturated carbocycles. The van der Waals surface area contributed by atoms with Crippen LogP contribution in [0.3, 0.4) is 0 Å². The lowest BCUT2D eigenvalue weighted by Crippen LogP contribution is -2.44. The zero-order chi connectivity index (χ0) is 10.3. The van der Waals surface area contributed by atoms with Gasteiger partial charge in [-0.3, -0.25) is 0 Å². The van der Waals surface area contributed by atoms with E-state index >= 15 is 0 Å². The van der Waals surface area contributed by atoms with Crippen LogP contribution in [-0.2, 0) is 0 Å². The fourth-order valence-corrected chi connectivity index (χ4v) is 1.44. The second kappa shape index (κ2) is 3.08. The van der Waals surface area contributed by atoms with Gasteiger partial charge in [0.25, 0.3) is 0 Å². The van der Waals surface area contributed by atoms with Crippen molar-refractivity contribution in [1.29, 1.82) is 0 Å². The van der Waals surface area contributed by atoms with E-state index in [0.717, 1.165) is 0 Å². The summed E-state index contributed by atoms with van der Waals surface area (Å²) in [6.07, 6.45) is -5.78. The maximum absolute atomic E-state index is 12.2. The van der Waals surface area contributed by atoms with Crippen molar-refractivity contribution in [3.63, 3.8) is 0 Å². The zero-order valence-corrected chi connectivity index (χ0v) is 6.74. The lowest BCUT2D eigenvalue weighted by Gasteiger charge is -2.36. The lowest BCUT2D eigenvalue weighted by atomic mass is 9.77. The summed E-state index contributed by atoms with van der Waals surface area (Å²) in [6, 6.07) is -1.96. The first-order chi connectivity index (χ1) is 5.71. The first-order valence-electron chi connectivity index (χ1n) is 3.91. The molecule has 0 aromatic heterocycles. The molecule has 1 aliphatic rings. The predicted octanol–water partition coefficient (Wildman–Crippen LogP) is 2.31. The van der Waals surface area contributed by atoms with Crippen LogP contribution in [0.2, 0.25) is 0 Å². The monoisotopic (exact) mass is 203 g/mol. The van der Waals surface area contributed by atoms with Crippen LogP contribution >= 0.6 is 0 Å². The Balaban J connectivity index is 2.28. The highest BCUT2D eigenvalue weighted by molar-refractivity contribution is 4.89. The molecule has 6 heteroatoms. The van der Waals surface area contributed by atoms with Gasteiger partial charge in [0.1, 0.15) is 6.04 Å². The van der Waals surface area contributed by atoms with Crippen molar-refractivity contribution >= 4 is 0 Å². The molecular weight excluding hydrogens is 193 g/mol. The quantitative estimate of drug-likeness (QED) is 0.685. The average Bonchev–Trinajstić information content (AvgIpc) is 1.80. The van der Waals surface area contributed by atoms with Crippen LogP contribution < -0.4 is 5.73 Å². The van der Waals surface area contributed by atoms with Crippen LogP contribution in [0.5, 0.6) is 0 Å². The molecule has 1 fully saturated rings. The molecule has 0 aromatic carbocycles. The first-order valence-corrected chi connectivity index (χ1v) is 3.91. The predicted molar refractivity (Wildman–Crippen MR) is 36.3 cm³/mol.